The van der Waals surface area contributed by atoms with Crippen molar-refractivity contribution in [3.63, 3.8) is 0 Å². The molecule has 31 heavy (non-hydrogen) atoms. The lowest BCUT2D eigenvalue weighted by atomic mass is 10.1. The number of aromatic nitrogens is 2. The standard InChI is InChI=1S/C21H19ClN4O5/c1-3-16(24-25-18(27)14-6-4-5-7-15(14)22)17-19(28)23-21(30)26(20(17)29)12-8-10-13(31-2)11-9-12/h4-11,29H,3H2,1-2H3,(H,25,27)(H,23,28,30)/b24-16-. The molecule has 0 aliphatic rings. The van der Waals surface area contributed by atoms with Crippen molar-refractivity contribution in [3.05, 3.63) is 85.5 Å². The molecule has 0 radical (unpaired) electrons. The minimum atomic E-state index is -0.833. The summed E-state index contributed by atoms with van der Waals surface area (Å²) in [5.41, 5.74) is 1.00. The molecule has 0 unspecified atom stereocenters. The minimum Gasteiger partial charge on any atom is -0.497 e. The van der Waals surface area contributed by atoms with Gasteiger partial charge in [0.25, 0.3) is 11.5 Å². The lowest BCUT2D eigenvalue weighted by molar-refractivity contribution is 0.0955. The number of nitrogens with one attached hydrogen (secondary N) is 2. The van der Waals surface area contributed by atoms with Gasteiger partial charge in [0.2, 0.25) is 5.88 Å². The summed E-state index contributed by atoms with van der Waals surface area (Å²) in [6.45, 7) is 1.68. The second-order valence-corrected chi connectivity index (χ2v) is 6.73. The molecule has 0 atom stereocenters. The molecule has 9 nitrogen and oxygen atoms in total. The largest absolute Gasteiger partial charge is 0.497 e. The number of ether oxygens (including phenoxy) is 1. The fraction of sp³-hybridized carbons (Fsp3) is 0.143. The van der Waals surface area contributed by atoms with Crippen LogP contribution in [0.3, 0.4) is 0 Å². The molecule has 0 bridgehead atoms. The van der Waals surface area contributed by atoms with Crippen LogP contribution in [0.5, 0.6) is 11.6 Å². The number of hydrogen-bond donors (Lipinski definition) is 3. The van der Waals surface area contributed by atoms with Gasteiger partial charge in [0.1, 0.15) is 11.3 Å². The number of halogens is 1. The SMILES string of the molecule is CC/C(=N/NC(=O)c1ccccc1Cl)c1c(O)n(-c2ccc(OC)cc2)c(=O)[nH]c1=O. The van der Waals surface area contributed by atoms with Crippen LogP contribution in [-0.4, -0.2) is 33.4 Å². The Balaban J connectivity index is 2.04. The van der Waals surface area contributed by atoms with Gasteiger partial charge in [0.05, 0.1) is 29.1 Å². The van der Waals surface area contributed by atoms with Crippen molar-refractivity contribution in [1.82, 2.24) is 15.0 Å². The summed E-state index contributed by atoms with van der Waals surface area (Å²) in [5, 5.41) is 15.0. The Labute approximate surface area is 181 Å². The molecule has 0 saturated carbocycles. The Morgan fingerprint density at radius 1 is 1.19 bits per heavy atom. The molecule has 0 fully saturated rings. The molecule has 0 spiro atoms. The topological polar surface area (TPSA) is 126 Å². The first kappa shape index (κ1) is 21.8. The van der Waals surface area contributed by atoms with Crippen LogP contribution in [0.25, 0.3) is 5.69 Å². The highest BCUT2D eigenvalue weighted by Gasteiger charge is 2.20. The van der Waals surface area contributed by atoms with Crippen molar-refractivity contribution in [3.8, 4) is 17.3 Å². The number of methoxy groups -OCH3 is 1. The van der Waals surface area contributed by atoms with E-state index in [4.69, 9.17) is 16.3 Å². The van der Waals surface area contributed by atoms with Crippen molar-refractivity contribution >= 4 is 23.2 Å². The first-order valence-corrected chi connectivity index (χ1v) is 9.59. The maximum Gasteiger partial charge on any atom is 0.335 e. The number of carbonyl (C=O) groups excluding carboxylic acids is 1. The van der Waals surface area contributed by atoms with Gasteiger partial charge in [-0.3, -0.25) is 14.6 Å². The van der Waals surface area contributed by atoms with E-state index in [0.29, 0.717) is 11.4 Å². The molecule has 1 aromatic heterocycles. The number of hydrazone groups is 1. The number of carbonyl (C=O) groups is 1. The molecule has 0 aliphatic heterocycles. The van der Waals surface area contributed by atoms with E-state index in [1.165, 1.54) is 13.2 Å². The number of rotatable bonds is 6. The first-order valence-electron chi connectivity index (χ1n) is 9.21. The number of benzene rings is 2. The Kier molecular flexibility index (Phi) is 6.56. The summed E-state index contributed by atoms with van der Waals surface area (Å²) in [6.07, 6.45) is 0.181. The van der Waals surface area contributed by atoms with Crippen molar-refractivity contribution < 1.29 is 14.6 Å². The van der Waals surface area contributed by atoms with Crippen LogP contribution in [0.15, 0.2) is 63.2 Å². The second kappa shape index (κ2) is 9.31. The van der Waals surface area contributed by atoms with E-state index in [1.54, 1.807) is 49.4 Å². The van der Waals surface area contributed by atoms with Crippen LogP contribution in [0.2, 0.25) is 5.02 Å². The second-order valence-electron chi connectivity index (χ2n) is 6.32. The molecule has 160 valence electrons. The summed E-state index contributed by atoms with van der Waals surface area (Å²) in [4.78, 5) is 39.3. The molecule has 1 amide bonds. The fourth-order valence-electron chi connectivity index (χ4n) is 2.89. The van der Waals surface area contributed by atoms with Crippen molar-refractivity contribution in [2.45, 2.75) is 13.3 Å². The van der Waals surface area contributed by atoms with Gasteiger partial charge in [-0.2, -0.15) is 5.10 Å². The Hall–Kier alpha value is -3.85. The van der Waals surface area contributed by atoms with E-state index >= 15 is 0 Å². The molecule has 0 saturated heterocycles. The molecule has 3 aromatic rings. The van der Waals surface area contributed by atoms with E-state index in [1.807, 2.05) is 0 Å². The summed E-state index contributed by atoms with van der Waals surface area (Å²) in [7, 11) is 1.50. The third-order valence-corrected chi connectivity index (χ3v) is 4.78. The maximum absolute atomic E-state index is 12.5. The summed E-state index contributed by atoms with van der Waals surface area (Å²) >= 11 is 6.01. The van der Waals surface area contributed by atoms with Crippen LogP contribution in [-0.2, 0) is 0 Å². The van der Waals surface area contributed by atoms with Gasteiger partial charge in [0.15, 0.2) is 0 Å². The molecule has 3 rings (SSSR count). The van der Waals surface area contributed by atoms with Crippen LogP contribution in [0.4, 0.5) is 0 Å². The van der Waals surface area contributed by atoms with E-state index in [2.05, 4.69) is 15.5 Å². The Bertz CT molecular complexity index is 1260. The zero-order valence-corrected chi connectivity index (χ0v) is 17.4. The lowest BCUT2D eigenvalue weighted by Gasteiger charge is -2.13. The Morgan fingerprint density at radius 3 is 2.48 bits per heavy atom. The summed E-state index contributed by atoms with van der Waals surface area (Å²) in [5.74, 6) is -0.638. The summed E-state index contributed by atoms with van der Waals surface area (Å²) < 4.78 is 6.01. The molecule has 2 aromatic carbocycles. The number of amides is 1. The predicted octanol–water partition coefficient (Wildman–Crippen LogP) is 2.44. The quantitative estimate of drug-likeness (QED) is 0.399. The van der Waals surface area contributed by atoms with Gasteiger partial charge in [0, 0.05) is 0 Å². The molecule has 10 heteroatoms. The van der Waals surface area contributed by atoms with Gasteiger partial charge in [-0.15, -0.1) is 0 Å². The van der Waals surface area contributed by atoms with Gasteiger partial charge in [-0.05, 0) is 42.8 Å². The predicted molar refractivity (Wildman–Crippen MR) is 117 cm³/mol. The van der Waals surface area contributed by atoms with Gasteiger partial charge < -0.3 is 9.84 Å². The van der Waals surface area contributed by atoms with Crippen molar-refractivity contribution in [2.75, 3.05) is 7.11 Å². The zero-order chi connectivity index (χ0) is 22.5. The fourth-order valence-corrected chi connectivity index (χ4v) is 3.11. The monoisotopic (exact) mass is 442 g/mol. The van der Waals surface area contributed by atoms with E-state index in [-0.39, 0.29) is 28.3 Å². The molecular weight excluding hydrogens is 424 g/mol. The van der Waals surface area contributed by atoms with E-state index in [0.717, 1.165) is 4.57 Å². The Morgan fingerprint density at radius 2 is 1.87 bits per heavy atom. The number of hydrogen-bond acceptors (Lipinski definition) is 6. The van der Waals surface area contributed by atoms with Gasteiger partial charge in [-0.1, -0.05) is 30.7 Å². The molecular formula is C21H19ClN4O5. The average Bonchev–Trinajstić information content (AvgIpc) is 2.76. The number of aromatic amines is 1. The minimum absolute atomic E-state index is 0.0708. The highest BCUT2D eigenvalue weighted by atomic mass is 35.5. The molecule has 1 heterocycles. The maximum atomic E-state index is 12.5. The van der Waals surface area contributed by atoms with Crippen molar-refractivity contribution in [2.24, 2.45) is 5.10 Å². The third-order valence-electron chi connectivity index (χ3n) is 4.45. The average molecular weight is 443 g/mol. The first-order chi connectivity index (χ1) is 14.9. The number of H-pyrrole nitrogens is 1. The lowest BCUT2D eigenvalue weighted by Crippen LogP contribution is -2.34. The van der Waals surface area contributed by atoms with Crippen LogP contribution in [0.1, 0.15) is 29.3 Å². The third kappa shape index (κ3) is 4.51. The number of aromatic hydroxyl groups is 1. The van der Waals surface area contributed by atoms with E-state index < -0.39 is 23.0 Å². The van der Waals surface area contributed by atoms with E-state index in [9.17, 15) is 19.5 Å². The summed E-state index contributed by atoms with van der Waals surface area (Å²) in [6, 6.07) is 12.7. The highest BCUT2D eigenvalue weighted by Crippen LogP contribution is 2.20. The van der Waals surface area contributed by atoms with Crippen molar-refractivity contribution in [1.29, 1.82) is 0 Å². The van der Waals surface area contributed by atoms with Gasteiger partial charge >= 0.3 is 5.69 Å². The normalized spacial score (nSPS) is 11.3. The van der Waals surface area contributed by atoms with Crippen LogP contribution < -0.4 is 21.4 Å². The highest BCUT2D eigenvalue weighted by molar-refractivity contribution is 6.33. The van der Waals surface area contributed by atoms with Gasteiger partial charge in [-0.25, -0.2) is 14.8 Å². The van der Waals surface area contributed by atoms with Crippen LogP contribution >= 0.6 is 11.6 Å². The molecule has 0 aliphatic carbocycles. The molecule has 3 N–H and O–H groups in total. The van der Waals surface area contributed by atoms with Crippen LogP contribution in [0, 0.1) is 0 Å². The zero-order valence-electron chi connectivity index (χ0n) is 16.7. The number of nitrogens with zero attached hydrogens (tertiary/aromatic N) is 2. The smallest absolute Gasteiger partial charge is 0.335 e.